The topological polar surface area (TPSA) is 16.4 Å². The number of rotatable bonds is 8. The number of para-hydroxylation sites is 2. The van der Waals surface area contributed by atoms with Crippen molar-refractivity contribution in [1.29, 1.82) is 0 Å². The molecule has 1 heterocycles. The molecule has 266 valence electrons. The Balaban J connectivity index is 0.943. The van der Waals surface area contributed by atoms with Gasteiger partial charge in [-0.1, -0.05) is 176 Å². The molecule has 10 rings (SSSR count). The standard InChI is InChI=1S/C54H39NO/c1-5-14-40(15-6-1)47-22-13-23-51-46(34-35-48(54(47)51)41-16-7-2-8-17-41)42-29-26-38(27-30-42)24-25-39-28-32-49-50-33-31-45(37-53(50)56-52(49)36-39)55(43-18-9-3-10-19-43)44-20-11-4-12-21-44/h1-30,32,34-37H,31,33H2/b25-24+. The zero-order chi connectivity index (χ0) is 37.3. The van der Waals surface area contributed by atoms with Gasteiger partial charge in [0.2, 0.25) is 0 Å². The Bertz CT molecular complexity index is 2780. The predicted molar refractivity (Wildman–Crippen MR) is 237 cm³/mol. The number of hydrogen-bond donors (Lipinski definition) is 0. The minimum absolute atomic E-state index is 0.927. The maximum atomic E-state index is 6.57. The number of fused-ring (bicyclic) bond motifs is 4. The van der Waals surface area contributed by atoms with E-state index in [4.69, 9.17) is 4.42 Å². The van der Waals surface area contributed by atoms with Gasteiger partial charge in [0.05, 0.1) is 0 Å². The van der Waals surface area contributed by atoms with Crippen LogP contribution in [-0.4, -0.2) is 0 Å². The third-order valence-electron chi connectivity index (χ3n) is 11.0. The molecule has 9 aromatic rings. The maximum absolute atomic E-state index is 6.57. The first-order valence-corrected chi connectivity index (χ1v) is 19.4. The van der Waals surface area contributed by atoms with Gasteiger partial charge in [0.15, 0.2) is 0 Å². The van der Waals surface area contributed by atoms with Crippen LogP contribution in [0.15, 0.2) is 204 Å². The van der Waals surface area contributed by atoms with Crippen LogP contribution in [0.5, 0.6) is 0 Å². The fourth-order valence-electron chi connectivity index (χ4n) is 8.29. The minimum atomic E-state index is 0.927. The van der Waals surface area contributed by atoms with Crippen molar-refractivity contribution in [1.82, 2.24) is 0 Å². The van der Waals surface area contributed by atoms with Crippen LogP contribution in [0, 0.1) is 0 Å². The first kappa shape index (κ1) is 33.4. The zero-order valence-electron chi connectivity index (χ0n) is 31.0. The summed E-state index contributed by atoms with van der Waals surface area (Å²) in [6.45, 7) is 0. The molecule has 0 atom stereocenters. The van der Waals surface area contributed by atoms with E-state index in [0.29, 0.717) is 0 Å². The Hall–Kier alpha value is -7.16. The van der Waals surface area contributed by atoms with Gasteiger partial charge in [0.1, 0.15) is 11.3 Å². The summed E-state index contributed by atoms with van der Waals surface area (Å²) in [5.41, 5.74) is 15.4. The van der Waals surface area contributed by atoms with Crippen molar-refractivity contribution < 1.29 is 4.42 Å². The average Bonchev–Trinajstić information content (AvgIpc) is 3.64. The first-order chi connectivity index (χ1) is 27.8. The highest BCUT2D eigenvalue weighted by atomic mass is 16.3. The van der Waals surface area contributed by atoms with E-state index in [2.05, 4.69) is 217 Å². The number of anilines is 2. The van der Waals surface area contributed by atoms with Crippen molar-refractivity contribution in [3.8, 4) is 33.4 Å². The molecule has 1 aromatic heterocycles. The molecule has 8 aromatic carbocycles. The molecule has 0 aliphatic heterocycles. The summed E-state index contributed by atoms with van der Waals surface area (Å²) in [6, 6.07) is 69.4. The minimum Gasteiger partial charge on any atom is -0.456 e. The fourth-order valence-corrected chi connectivity index (χ4v) is 8.29. The van der Waals surface area contributed by atoms with Gasteiger partial charge >= 0.3 is 0 Å². The van der Waals surface area contributed by atoms with Crippen LogP contribution in [0.3, 0.4) is 0 Å². The lowest BCUT2D eigenvalue weighted by Gasteiger charge is -2.29. The Kier molecular flexibility index (Phi) is 8.70. The first-order valence-electron chi connectivity index (χ1n) is 19.4. The predicted octanol–water partition coefficient (Wildman–Crippen LogP) is 14.9. The Labute approximate surface area is 327 Å². The highest BCUT2D eigenvalue weighted by Gasteiger charge is 2.23. The Morgan fingerprint density at radius 3 is 1.64 bits per heavy atom. The summed E-state index contributed by atoms with van der Waals surface area (Å²) in [5, 5.41) is 3.72. The molecule has 0 amide bonds. The molecule has 0 saturated carbocycles. The van der Waals surface area contributed by atoms with Crippen LogP contribution < -0.4 is 4.90 Å². The van der Waals surface area contributed by atoms with E-state index in [9.17, 15) is 0 Å². The van der Waals surface area contributed by atoms with E-state index in [-0.39, 0.29) is 0 Å². The van der Waals surface area contributed by atoms with E-state index < -0.39 is 0 Å². The number of nitrogens with zero attached hydrogens (tertiary/aromatic N) is 1. The van der Waals surface area contributed by atoms with Crippen LogP contribution in [0.2, 0.25) is 0 Å². The third-order valence-corrected chi connectivity index (χ3v) is 11.0. The van der Waals surface area contributed by atoms with E-state index in [1.807, 2.05) is 0 Å². The lowest BCUT2D eigenvalue weighted by Crippen LogP contribution is -2.18. The summed E-state index contributed by atoms with van der Waals surface area (Å²) >= 11 is 0. The molecule has 2 heteroatoms. The molecule has 0 radical (unpaired) electrons. The van der Waals surface area contributed by atoms with Crippen LogP contribution in [0.1, 0.15) is 28.9 Å². The summed E-state index contributed by atoms with van der Waals surface area (Å²) in [7, 11) is 0. The van der Waals surface area contributed by atoms with Gasteiger partial charge in [-0.3, -0.25) is 0 Å². The second kappa shape index (κ2) is 14.6. The van der Waals surface area contributed by atoms with Gasteiger partial charge in [-0.2, -0.15) is 0 Å². The van der Waals surface area contributed by atoms with Crippen LogP contribution in [0.4, 0.5) is 11.4 Å². The largest absolute Gasteiger partial charge is 0.456 e. The maximum Gasteiger partial charge on any atom is 0.135 e. The number of aryl methyl sites for hydroxylation is 1. The molecule has 0 saturated heterocycles. The fraction of sp³-hybridized carbons (Fsp3) is 0.0370. The molecule has 0 bridgehead atoms. The normalized spacial score (nSPS) is 12.5. The molecule has 56 heavy (non-hydrogen) atoms. The Morgan fingerprint density at radius 2 is 0.982 bits per heavy atom. The van der Waals surface area contributed by atoms with E-state index in [1.54, 1.807) is 0 Å². The van der Waals surface area contributed by atoms with Crippen molar-refractivity contribution in [3.05, 3.63) is 222 Å². The zero-order valence-corrected chi connectivity index (χ0v) is 31.0. The van der Waals surface area contributed by atoms with Gasteiger partial charge in [-0.05, 0) is 98.5 Å². The van der Waals surface area contributed by atoms with Crippen molar-refractivity contribution in [2.24, 2.45) is 0 Å². The number of allylic oxidation sites excluding steroid dienone is 1. The highest BCUT2D eigenvalue weighted by Crippen LogP contribution is 2.42. The van der Waals surface area contributed by atoms with E-state index >= 15 is 0 Å². The molecule has 1 aliphatic carbocycles. The summed E-state index contributed by atoms with van der Waals surface area (Å²) in [5.74, 6) is 0.954. The molecule has 0 unspecified atom stereocenters. The SMILES string of the molecule is C1=C(N(c2ccccc2)c2ccccc2)CCc2c1oc1cc(/C=C/c3ccc(-c4ccc(-c5ccccc5)c5c(-c6ccccc6)cccc45)cc3)ccc21. The van der Waals surface area contributed by atoms with Crippen molar-refractivity contribution >= 4 is 51.3 Å². The highest BCUT2D eigenvalue weighted by molar-refractivity contribution is 6.12. The molecule has 0 fully saturated rings. The monoisotopic (exact) mass is 717 g/mol. The molecule has 2 nitrogen and oxygen atoms in total. The molecular formula is C54H39NO. The van der Waals surface area contributed by atoms with Gasteiger partial charge < -0.3 is 9.32 Å². The smallest absolute Gasteiger partial charge is 0.135 e. The quantitative estimate of drug-likeness (QED) is 0.146. The second-order valence-electron chi connectivity index (χ2n) is 14.4. The Morgan fingerprint density at radius 1 is 0.429 bits per heavy atom. The molecular weight excluding hydrogens is 679 g/mol. The summed E-state index contributed by atoms with van der Waals surface area (Å²) < 4.78 is 6.57. The van der Waals surface area contributed by atoms with Crippen molar-refractivity contribution in [3.63, 3.8) is 0 Å². The second-order valence-corrected chi connectivity index (χ2v) is 14.4. The number of benzene rings is 8. The van der Waals surface area contributed by atoms with E-state index in [0.717, 1.165) is 46.7 Å². The number of furan rings is 1. The molecule has 1 aliphatic rings. The average molecular weight is 718 g/mol. The number of hydrogen-bond acceptors (Lipinski definition) is 2. The van der Waals surface area contributed by atoms with E-state index in [1.165, 1.54) is 60.8 Å². The van der Waals surface area contributed by atoms with Crippen LogP contribution >= 0.6 is 0 Å². The third kappa shape index (κ3) is 6.32. The molecule has 0 N–H and O–H groups in total. The lowest BCUT2D eigenvalue weighted by molar-refractivity contribution is 0.593. The van der Waals surface area contributed by atoms with Crippen LogP contribution in [0.25, 0.3) is 73.4 Å². The van der Waals surface area contributed by atoms with Crippen LogP contribution in [-0.2, 0) is 6.42 Å². The van der Waals surface area contributed by atoms with Crippen molar-refractivity contribution in [2.45, 2.75) is 12.8 Å². The summed E-state index contributed by atoms with van der Waals surface area (Å²) in [4.78, 5) is 2.35. The molecule has 0 spiro atoms. The van der Waals surface area contributed by atoms with Crippen molar-refractivity contribution in [2.75, 3.05) is 4.90 Å². The van der Waals surface area contributed by atoms with Gasteiger partial charge in [-0.25, -0.2) is 0 Å². The van der Waals surface area contributed by atoms with Gasteiger partial charge in [0.25, 0.3) is 0 Å². The van der Waals surface area contributed by atoms with Gasteiger partial charge in [-0.15, -0.1) is 0 Å². The van der Waals surface area contributed by atoms with Gasteiger partial charge in [0, 0.05) is 34.1 Å². The lowest BCUT2D eigenvalue weighted by atomic mass is 9.87. The summed E-state index contributed by atoms with van der Waals surface area (Å²) in [6.07, 6.45) is 8.47.